The van der Waals surface area contributed by atoms with Gasteiger partial charge >= 0.3 is 12.1 Å². The summed E-state index contributed by atoms with van der Waals surface area (Å²) in [6, 6.07) is 0. The van der Waals surface area contributed by atoms with E-state index in [1.807, 2.05) is 6.92 Å². The minimum atomic E-state index is -0.582. The van der Waals surface area contributed by atoms with Crippen LogP contribution in [-0.4, -0.2) is 18.6 Å². The first-order chi connectivity index (χ1) is 15.2. The van der Waals surface area contributed by atoms with E-state index < -0.39 is 6.09 Å². The summed E-state index contributed by atoms with van der Waals surface area (Å²) in [6.45, 7) is 6.94. The van der Waals surface area contributed by atoms with E-state index in [0.717, 1.165) is 38.5 Å². The summed E-state index contributed by atoms with van der Waals surface area (Å²) < 4.78 is 4.94. The average Bonchev–Trinajstić information content (AvgIpc) is 2.76. The second-order valence-corrected chi connectivity index (χ2v) is 9.19. The number of hydrogen-bond acceptors (Lipinski definition) is 3. The van der Waals surface area contributed by atoms with E-state index in [4.69, 9.17) is 4.74 Å². The van der Waals surface area contributed by atoms with Crippen LogP contribution in [0, 0.1) is 5.92 Å². The van der Waals surface area contributed by atoms with Gasteiger partial charge in [-0.1, -0.05) is 130 Å². The van der Waals surface area contributed by atoms with Crippen molar-refractivity contribution in [2.75, 3.05) is 6.54 Å². The van der Waals surface area contributed by atoms with Crippen molar-refractivity contribution >= 4 is 12.1 Å². The van der Waals surface area contributed by atoms with Gasteiger partial charge in [-0.15, -0.1) is 0 Å². The third kappa shape index (κ3) is 20.6. The monoisotopic (exact) mass is 439 g/mol. The molecule has 4 heteroatoms. The summed E-state index contributed by atoms with van der Waals surface area (Å²) in [7, 11) is 0. The van der Waals surface area contributed by atoms with Gasteiger partial charge in [0, 0.05) is 6.54 Å². The van der Waals surface area contributed by atoms with Gasteiger partial charge in [-0.25, -0.2) is 4.79 Å². The Bertz CT molecular complexity index is 411. The largest absolute Gasteiger partial charge is 0.414 e. The van der Waals surface area contributed by atoms with Crippen molar-refractivity contribution in [1.29, 1.82) is 0 Å². The lowest BCUT2D eigenvalue weighted by molar-refractivity contribution is -0.142. The Morgan fingerprint density at radius 2 is 1.03 bits per heavy atom. The molecule has 0 aromatic heterocycles. The molecule has 0 saturated heterocycles. The third-order valence-corrected chi connectivity index (χ3v) is 6.23. The molecule has 4 nitrogen and oxygen atoms in total. The fraction of sp³-hybridized carbons (Fsp3) is 0.926. The number of amides is 1. The molecule has 0 radical (unpaired) electrons. The van der Waals surface area contributed by atoms with Crippen molar-refractivity contribution in [1.82, 2.24) is 5.32 Å². The summed E-state index contributed by atoms with van der Waals surface area (Å²) >= 11 is 0. The molecule has 0 aromatic rings. The van der Waals surface area contributed by atoms with Crippen molar-refractivity contribution in [3.8, 4) is 0 Å². The molecule has 0 rings (SSSR count). The normalized spacial score (nSPS) is 12.0. The molecule has 0 aliphatic rings. The highest BCUT2D eigenvalue weighted by Crippen LogP contribution is 2.15. The highest BCUT2D eigenvalue weighted by molar-refractivity contribution is 5.85. The molecule has 31 heavy (non-hydrogen) atoms. The van der Waals surface area contributed by atoms with Gasteiger partial charge in [-0.05, 0) is 19.3 Å². The van der Waals surface area contributed by atoms with Crippen molar-refractivity contribution in [2.45, 2.75) is 149 Å². The lowest BCUT2D eigenvalue weighted by atomic mass is 10.00. The molecular weight excluding hydrogens is 386 g/mol. The van der Waals surface area contributed by atoms with Gasteiger partial charge in [-0.3, -0.25) is 4.79 Å². The van der Waals surface area contributed by atoms with Crippen LogP contribution in [0.3, 0.4) is 0 Å². The number of unbranched alkanes of at least 4 members (excludes halogenated alkanes) is 16. The van der Waals surface area contributed by atoms with Gasteiger partial charge in [0.15, 0.2) is 0 Å². The van der Waals surface area contributed by atoms with E-state index in [-0.39, 0.29) is 11.9 Å². The number of esters is 1. The average molecular weight is 440 g/mol. The number of ether oxygens (including phenoxy) is 1. The van der Waals surface area contributed by atoms with Gasteiger partial charge in [0.25, 0.3) is 0 Å². The summed E-state index contributed by atoms with van der Waals surface area (Å²) in [4.78, 5) is 23.7. The predicted molar refractivity (Wildman–Crippen MR) is 132 cm³/mol. The molecule has 1 atom stereocenters. The van der Waals surface area contributed by atoms with Crippen molar-refractivity contribution in [3.63, 3.8) is 0 Å². The second kappa shape index (κ2) is 23.6. The molecule has 0 fully saturated rings. The molecule has 184 valence electrons. The maximum absolute atomic E-state index is 12.0. The van der Waals surface area contributed by atoms with Crippen LogP contribution in [0.5, 0.6) is 0 Å². The molecule has 0 aliphatic carbocycles. The topological polar surface area (TPSA) is 55.4 Å². The van der Waals surface area contributed by atoms with E-state index >= 15 is 0 Å². The van der Waals surface area contributed by atoms with Crippen LogP contribution in [0.4, 0.5) is 4.79 Å². The summed E-state index contributed by atoms with van der Waals surface area (Å²) in [6.07, 6.45) is 24.4. The van der Waals surface area contributed by atoms with Crippen LogP contribution < -0.4 is 5.32 Å². The highest BCUT2D eigenvalue weighted by atomic mass is 16.6. The van der Waals surface area contributed by atoms with Gasteiger partial charge in [-0.2, -0.15) is 0 Å². The zero-order chi connectivity index (χ0) is 23.0. The Balaban J connectivity index is 3.37. The smallest absolute Gasteiger partial charge is 0.376 e. The van der Waals surface area contributed by atoms with Gasteiger partial charge in [0.2, 0.25) is 0 Å². The lowest BCUT2D eigenvalue weighted by Crippen LogP contribution is -2.30. The van der Waals surface area contributed by atoms with E-state index in [2.05, 4.69) is 19.2 Å². The lowest BCUT2D eigenvalue weighted by Gasteiger charge is -2.12. The van der Waals surface area contributed by atoms with Crippen molar-refractivity contribution < 1.29 is 14.3 Å². The summed E-state index contributed by atoms with van der Waals surface area (Å²) in [5, 5.41) is 2.72. The third-order valence-electron chi connectivity index (χ3n) is 6.23. The van der Waals surface area contributed by atoms with Gasteiger partial charge in [0.1, 0.15) is 0 Å². The molecule has 0 aliphatic heterocycles. The second-order valence-electron chi connectivity index (χ2n) is 9.19. The van der Waals surface area contributed by atoms with Crippen LogP contribution in [0.2, 0.25) is 0 Å². The Morgan fingerprint density at radius 3 is 1.45 bits per heavy atom. The molecule has 1 unspecified atom stereocenters. The summed E-state index contributed by atoms with van der Waals surface area (Å²) in [5.41, 5.74) is 0. The first-order valence-electron chi connectivity index (χ1n) is 13.6. The first kappa shape index (κ1) is 29.9. The predicted octanol–water partition coefficient (Wildman–Crippen LogP) is 8.72. The van der Waals surface area contributed by atoms with Crippen molar-refractivity contribution in [3.05, 3.63) is 0 Å². The molecule has 0 heterocycles. The van der Waals surface area contributed by atoms with Crippen molar-refractivity contribution in [2.24, 2.45) is 5.92 Å². The molecule has 0 saturated carbocycles. The van der Waals surface area contributed by atoms with E-state index in [9.17, 15) is 9.59 Å². The van der Waals surface area contributed by atoms with Crippen LogP contribution in [-0.2, 0) is 9.53 Å². The minimum absolute atomic E-state index is 0.152. The van der Waals surface area contributed by atoms with Crippen LogP contribution in [0.25, 0.3) is 0 Å². The number of alkyl carbamates (subject to hydrolysis) is 1. The van der Waals surface area contributed by atoms with Crippen LogP contribution in [0.1, 0.15) is 149 Å². The fourth-order valence-electron chi connectivity index (χ4n) is 4.01. The maximum atomic E-state index is 12.0. The number of nitrogens with one attached hydrogen (secondary N) is 1. The van der Waals surface area contributed by atoms with E-state index in [0.29, 0.717) is 6.54 Å². The quantitative estimate of drug-likeness (QED) is 0.104. The maximum Gasteiger partial charge on any atom is 0.414 e. The number of rotatable bonds is 22. The van der Waals surface area contributed by atoms with Crippen LogP contribution >= 0.6 is 0 Å². The molecular formula is C27H53NO3. The van der Waals surface area contributed by atoms with Gasteiger partial charge in [0.05, 0.1) is 5.92 Å². The van der Waals surface area contributed by atoms with Gasteiger partial charge < -0.3 is 10.1 Å². The highest BCUT2D eigenvalue weighted by Gasteiger charge is 2.20. The molecule has 1 N–H and O–H groups in total. The molecule has 1 amide bonds. The standard InChI is InChI=1S/C27H53NO3/c1-4-7-9-10-11-12-13-14-15-16-17-18-19-20-21-22-24-28-27(30)31-26(29)25(6-3)23-8-5-2/h25H,4-24H2,1-3H3,(H,28,30). The van der Waals surface area contributed by atoms with Crippen LogP contribution in [0.15, 0.2) is 0 Å². The Morgan fingerprint density at radius 1 is 0.613 bits per heavy atom. The van der Waals surface area contributed by atoms with E-state index in [1.54, 1.807) is 0 Å². The summed E-state index contributed by atoms with van der Waals surface area (Å²) in [5.74, 6) is -0.526. The zero-order valence-corrected chi connectivity index (χ0v) is 21.2. The first-order valence-corrected chi connectivity index (χ1v) is 13.6. The molecule has 0 bridgehead atoms. The molecule has 0 spiro atoms. The Labute approximate surface area is 193 Å². The minimum Gasteiger partial charge on any atom is -0.376 e. The SMILES string of the molecule is CCCCCCCCCCCCCCCCCCNC(=O)OC(=O)C(CC)CCCC. The Kier molecular flexibility index (Phi) is 22.8. The fourth-order valence-corrected chi connectivity index (χ4v) is 4.01. The Hall–Kier alpha value is -1.06. The molecule has 0 aromatic carbocycles. The number of carbonyl (C=O) groups is 2. The van der Waals surface area contributed by atoms with E-state index in [1.165, 1.54) is 89.9 Å². The zero-order valence-electron chi connectivity index (χ0n) is 21.2. The number of carbonyl (C=O) groups excluding carboxylic acids is 2. The number of hydrogen-bond donors (Lipinski definition) is 1.